The Labute approximate surface area is 175 Å². The van der Waals surface area contributed by atoms with E-state index in [1.54, 1.807) is 11.0 Å². The first-order valence-electron chi connectivity index (χ1n) is 9.50. The summed E-state index contributed by atoms with van der Waals surface area (Å²) in [6.45, 7) is 4.45. The Morgan fingerprint density at radius 3 is 2.66 bits per heavy atom. The number of hydrogen-bond acceptors (Lipinski definition) is 3. The van der Waals surface area contributed by atoms with Crippen LogP contribution in [-0.4, -0.2) is 35.7 Å². The summed E-state index contributed by atoms with van der Waals surface area (Å²) in [6, 6.07) is 13.0. The fourth-order valence-electron chi connectivity index (χ4n) is 3.33. The molecule has 0 saturated carbocycles. The summed E-state index contributed by atoms with van der Waals surface area (Å²) in [5.41, 5.74) is 3.64. The Balaban J connectivity index is 1.51. The van der Waals surface area contributed by atoms with Gasteiger partial charge in [-0.1, -0.05) is 41.9 Å². The lowest BCUT2D eigenvalue weighted by Crippen LogP contribution is -2.38. The van der Waals surface area contributed by atoms with Gasteiger partial charge in [0.15, 0.2) is 0 Å². The van der Waals surface area contributed by atoms with Crippen molar-refractivity contribution in [2.45, 2.75) is 26.8 Å². The van der Waals surface area contributed by atoms with E-state index >= 15 is 0 Å². The zero-order chi connectivity index (χ0) is 21.0. The monoisotopic (exact) mass is 413 g/mol. The minimum Gasteiger partial charge on any atom is -0.347 e. The van der Waals surface area contributed by atoms with Gasteiger partial charge in [0.2, 0.25) is 17.7 Å². The first-order chi connectivity index (χ1) is 13.8. The van der Waals surface area contributed by atoms with E-state index in [4.69, 9.17) is 11.6 Å². The standard InChI is InChI=1S/C22H24ClN3O3/c1-14-6-5-9-19(15(14)2)25-20(27)11-24-22(29)17-10-21(28)26(13-17)12-16-7-3-4-8-18(16)23/h3-9,17H,10-13H2,1-2H3,(H,24,29)(H,25,27)/t17-/m1/s1. The Morgan fingerprint density at radius 1 is 1.14 bits per heavy atom. The van der Waals surface area contributed by atoms with Crippen molar-refractivity contribution < 1.29 is 14.4 Å². The highest BCUT2D eigenvalue weighted by atomic mass is 35.5. The molecule has 0 aliphatic carbocycles. The summed E-state index contributed by atoms with van der Waals surface area (Å²) >= 11 is 6.16. The highest BCUT2D eigenvalue weighted by Gasteiger charge is 2.34. The highest BCUT2D eigenvalue weighted by Crippen LogP contribution is 2.23. The maximum atomic E-state index is 12.4. The summed E-state index contributed by atoms with van der Waals surface area (Å²) in [5.74, 6) is -1.16. The first-order valence-corrected chi connectivity index (χ1v) is 9.88. The normalized spacial score (nSPS) is 16.0. The third kappa shape index (κ3) is 5.15. The van der Waals surface area contributed by atoms with Crippen LogP contribution >= 0.6 is 11.6 Å². The summed E-state index contributed by atoms with van der Waals surface area (Å²) in [5, 5.41) is 6.04. The van der Waals surface area contributed by atoms with Crippen molar-refractivity contribution >= 4 is 35.0 Å². The van der Waals surface area contributed by atoms with Gasteiger partial charge < -0.3 is 15.5 Å². The van der Waals surface area contributed by atoms with E-state index in [0.717, 1.165) is 22.4 Å². The van der Waals surface area contributed by atoms with Crippen LogP contribution in [0.5, 0.6) is 0 Å². The predicted octanol–water partition coefficient (Wildman–Crippen LogP) is 3.06. The SMILES string of the molecule is Cc1cccc(NC(=O)CNC(=O)[C@@H]2CC(=O)N(Cc3ccccc3Cl)C2)c1C. The van der Waals surface area contributed by atoms with E-state index in [9.17, 15) is 14.4 Å². The molecule has 0 radical (unpaired) electrons. The number of amides is 3. The molecule has 7 heteroatoms. The molecule has 1 aliphatic heterocycles. The van der Waals surface area contributed by atoms with E-state index in [0.29, 0.717) is 18.1 Å². The van der Waals surface area contributed by atoms with Crippen LogP contribution in [0.1, 0.15) is 23.1 Å². The minimum absolute atomic E-state index is 0.0927. The average molecular weight is 414 g/mol. The summed E-state index contributed by atoms with van der Waals surface area (Å²) < 4.78 is 0. The maximum Gasteiger partial charge on any atom is 0.243 e. The molecule has 1 heterocycles. The van der Waals surface area contributed by atoms with E-state index < -0.39 is 5.92 Å². The number of carbonyl (C=O) groups excluding carboxylic acids is 3. The van der Waals surface area contributed by atoms with Crippen LogP contribution in [0.2, 0.25) is 5.02 Å². The quantitative estimate of drug-likeness (QED) is 0.763. The van der Waals surface area contributed by atoms with Gasteiger partial charge in [0.1, 0.15) is 0 Å². The summed E-state index contributed by atoms with van der Waals surface area (Å²) in [6.07, 6.45) is 0.134. The van der Waals surface area contributed by atoms with Crippen molar-refractivity contribution in [1.82, 2.24) is 10.2 Å². The molecule has 1 saturated heterocycles. The molecule has 1 fully saturated rings. The molecular weight excluding hydrogens is 390 g/mol. The molecule has 1 aliphatic rings. The van der Waals surface area contributed by atoms with Crippen molar-refractivity contribution in [3.63, 3.8) is 0 Å². The van der Waals surface area contributed by atoms with Crippen molar-refractivity contribution in [2.75, 3.05) is 18.4 Å². The average Bonchev–Trinajstić information content (AvgIpc) is 3.06. The van der Waals surface area contributed by atoms with Crippen LogP contribution < -0.4 is 10.6 Å². The molecule has 6 nitrogen and oxygen atoms in total. The lowest BCUT2D eigenvalue weighted by atomic mass is 10.1. The number of aryl methyl sites for hydroxylation is 1. The molecule has 3 amide bonds. The van der Waals surface area contributed by atoms with Gasteiger partial charge in [0, 0.05) is 30.2 Å². The molecule has 29 heavy (non-hydrogen) atoms. The maximum absolute atomic E-state index is 12.4. The highest BCUT2D eigenvalue weighted by molar-refractivity contribution is 6.31. The van der Waals surface area contributed by atoms with Gasteiger partial charge in [-0.2, -0.15) is 0 Å². The molecule has 152 valence electrons. The number of hydrogen-bond donors (Lipinski definition) is 2. The third-order valence-electron chi connectivity index (χ3n) is 5.21. The number of halogens is 1. The van der Waals surface area contributed by atoms with Gasteiger partial charge in [-0.15, -0.1) is 0 Å². The van der Waals surface area contributed by atoms with Crippen LogP contribution in [0, 0.1) is 19.8 Å². The molecule has 2 aromatic rings. The molecule has 0 aromatic heterocycles. The number of anilines is 1. The number of likely N-dealkylation sites (tertiary alicyclic amines) is 1. The fourth-order valence-corrected chi connectivity index (χ4v) is 3.52. The summed E-state index contributed by atoms with van der Waals surface area (Å²) in [7, 11) is 0. The van der Waals surface area contributed by atoms with Crippen molar-refractivity contribution in [3.05, 3.63) is 64.2 Å². The van der Waals surface area contributed by atoms with Gasteiger partial charge in [-0.3, -0.25) is 14.4 Å². The topological polar surface area (TPSA) is 78.5 Å². The molecule has 2 N–H and O–H groups in total. The van der Waals surface area contributed by atoms with Crippen LogP contribution in [-0.2, 0) is 20.9 Å². The molecule has 2 aromatic carbocycles. The van der Waals surface area contributed by atoms with E-state index in [1.807, 2.05) is 50.2 Å². The molecule has 0 spiro atoms. The molecule has 0 unspecified atom stereocenters. The largest absolute Gasteiger partial charge is 0.347 e. The van der Waals surface area contributed by atoms with Crippen LogP contribution in [0.3, 0.4) is 0 Å². The van der Waals surface area contributed by atoms with Gasteiger partial charge in [0.25, 0.3) is 0 Å². The van der Waals surface area contributed by atoms with Crippen molar-refractivity contribution in [1.29, 1.82) is 0 Å². The number of benzene rings is 2. The fraction of sp³-hybridized carbons (Fsp3) is 0.318. The van der Waals surface area contributed by atoms with Crippen molar-refractivity contribution in [3.8, 4) is 0 Å². The number of carbonyl (C=O) groups is 3. The van der Waals surface area contributed by atoms with Crippen LogP contribution in [0.25, 0.3) is 0 Å². The molecule has 3 rings (SSSR count). The molecule has 0 bridgehead atoms. The minimum atomic E-state index is -0.474. The molecular formula is C22H24ClN3O3. The van der Waals surface area contributed by atoms with Gasteiger partial charge >= 0.3 is 0 Å². The second-order valence-electron chi connectivity index (χ2n) is 7.28. The van der Waals surface area contributed by atoms with E-state index in [1.165, 1.54) is 0 Å². The number of nitrogens with one attached hydrogen (secondary N) is 2. The number of rotatable bonds is 6. The van der Waals surface area contributed by atoms with Crippen molar-refractivity contribution in [2.24, 2.45) is 5.92 Å². The molecule has 1 atom stereocenters. The Morgan fingerprint density at radius 2 is 1.90 bits per heavy atom. The third-order valence-corrected chi connectivity index (χ3v) is 5.57. The van der Waals surface area contributed by atoms with Crippen LogP contribution in [0.15, 0.2) is 42.5 Å². The zero-order valence-corrected chi connectivity index (χ0v) is 17.3. The van der Waals surface area contributed by atoms with Gasteiger partial charge in [0.05, 0.1) is 12.5 Å². The zero-order valence-electron chi connectivity index (χ0n) is 16.5. The van der Waals surface area contributed by atoms with Gasteiger partial charge in [-0.25, -0.2) is 0 Å². The summed E-state index contributed by atoms with van der Waals surface area (Å²) in [4.78, 5) is 38.5. The number of nitrogens with zero attached hydrogens (tertiary/aromatic N) is 1. The Kier molecular flexibility index (Phi) is 6.54. The van der Waals surface area contributed by atoms with E-state index in [2.05, 4.69) is 10.6 Å². The van der Waals surface area contributed by atoms with Crippen LogP contribution in [0.4, 0.5) is 5.69 Å². The Bertz CT molecular complexity index is 945. The smallest absolute Gasteiger partial charge is 0.243 e. The lowest BCUT2D eigenvalue weighted by molar-refractivity contribution is -0.129. The Hall–Kier alpha value is -2.86. The first kappa shape index (κ1) is 20.9. The second-order valence-corrected chi connectivity index (χ2v) is 7.69. The van der Waals surface area contributed by atoms with Gasteiger partial charge in [-0.05, 0) is 42.7 Å². The second kappa shape index (κ2) is 9.09. The van der Waals surface area contributed by atoms with E-state index in [-0.39, 0.29) is 30.7 Å². The lowest BCUT2D eigenvalue weighted by Gasteiger charge is -2.17. The predicted molar refractivity (Wildman–Crippen MR) is 113 cm³/mol.